The fourth-order valence-corrected chi connectivity index (χ4v) is 6.27. The highest BCUT2D eigenvalue weighted by molar-refractivity contribution is 6.42. The number of benzene rings is 1. The molecule has 0 spiro atoms. The van der Waals surface area contributed by atoms with E-state index >= 15 is 0 Å². The highest BCUT2D eigenvalue weighted by Gasteiger charge is 2.59. The molecule has 2 amide bonds. The van der Waals surface area contributed by atoms with Crippen LogP contribution in [0.3, 0.4) is 0 Å². The van der Waals surface area contributed by atoms with E-state index < -0.39 is 17.0 Å². The van der Waals surface area contributed by atoms with Crippen LogP contribution in [0.1, 0.15) is 46.5 Å². The second-order valence-electron chi connectivity index (χ2n) is 10.8. The van der Waals surface area contributed by atoms with Gasteiger partial charge in [-0.1, -0.05) is 56.8 Å². The zero-order chi connectivity index (χ0) is 24.7. The van der Waals surface area contributed by atoms with Crippen LogP contribution in [0.5, 0.6) is 0 Å². The average Bonchev–Trinajstić information content (AvgIpc) is 3.34. The Morgan fingerprint density at radius 1 is 0.971 bits per heavy atom. The Morgan fingerprint density at radius 3 is 2.18 bits per heavy atom. The van der Waals surface area contributed by atoms with Gasteiger partial charge in [0.1, 0.15) is 5.54 Å². The molecular weight excluding hydrogens is 475 g/mol. The van der Waals surface area contributed by atoms with Crippen molar-refractivity contribution in [2.45, 2.75) is 58.0 Å². The van der Waals surface area contributed by atoms with Crippen molar-refractivity contribution in [1.82, 2.24) is 14.7 Å². The maximum absolute atomic E-state index is 14.3. The van der Waals surface area contributed by atoms with Gasteiger partial charge in [0.25, 0.3) is 5.91 Å². The van der Waals surface area contributed by atoms with Gasteiger partial charge in [-0.3, -0.25) is 14.6 Å². The zero-order valence-corrected chi connectivity index (χ0v) is 21.9. The van der Waals surface area contributed by atoms with Crippen LogP contribution in [-0.4, -0.2) is 89.2 Å². The van der Waals surface area contributed by atoms with E-state index in [1.165, 1.54) is 17.7 Å². The van der Waals surface area contributed by atoms with Gasteiger partial charge in [-0.05, 0) is 36.5 Å². The van der Waals surface area contributed by atoms with Gasteiger partial charge in [0.05, 0.1) is 10.0 Å². The third-order valence-corrected chi connectivity index (χ3v) is 8.74. The second kappa shape index (κ2) is 9.75. The van der Waals surface area contributed by atoms with E-state index in [0.29, 0.717) is 61.9 Å². The van der Waals surface area contributed by atoms with Gasteiger partial charge in [0.2, 0.25) is 0 Å². The number of amides is 2. The summed E-state index contributed by atoms with van der Waals surface area (Å²) in [7, 11) is 0. The maximum atomic E-state index is 14.3. The van der Waals surface area contributed by atoms with E-state index in [9.17, 15) is 14.7 Å². The van der Waals surface area contributed by atoms with Gasteiger partial charge in [-0.25, -0.2) is 4.79 Å². The first-order chi connectivity index (χ1) is 16.0. The Hall–Kier alpha value is -1.70. The van der Waals surface area contributed by atoms with E-state index in [-0.39, 0.29) is 5.91 Å². The minimum atomic E-state index is -1.12. The van der Waals surface area contributed by atoms with Crippen LogP contribution in [0, 0.1) is 5.41 Å². The topological polar surface area (TPSA) is 67.3 Å². The first-order valence-corrected chi connectivity index (χ1v) is 13.0. The van der Waals surface area contributed by atoms with Crippen molar-refractivity contribution in [2.24, 2.45) is 5.41 Å². The molecule has 9 heteroatoms. The number of carboxylic acid groups (broad SMARTS) is 1. The summed E-state index contributed by atoms with van der Waals surface area (Å²) in [5.74, 6) is -0.0705. The molecule has 4 rings (SSSR count). The molecule has 34 heavy (non-hydrogen) atoms. The molecule has 0 radical (unpaired) electrons. The van der Waals surface area contributed by atoms with Crippen LogP contribution in [0.15, 0.2) is 18.2 Å². The van der Waals surface area contributed by atoms with E-state index in [2.05, 4.69) is 9.80 Å². The van der Waals surface area contributed by atoms with Crippen molar-refractivity contribution in [2.75, 3.05) is 50.7 Å². The van der Waals surface area contributed by atoms with Crippen LogP contribution >= 0.6 is 23.2 Å². The third kappa shape index (κ3) is 4.59. The molecule has 1 N–H and O–H groups in total. The molecule has 0 aromatic heterocycles. The lowest BCUT2D eigenvalue weighted by Crippen LogP contribution is -2.76. The monoisotopic (exact) mass is 510 g/mol. The number of piperazine rings is 2. The summed E-state index contributed by atoms with van der Waals surface area (Å²) < 4.78 is 0. The smallest absolute Gasteiger partial charge is 0.408 e. The van der Waals surface area contributed by atoms with Gasteiger partial charge in [-0.2, -0.15) is 0 Å². The molecule has 7 nitrogen and oxygen atoms in total. The van der Waals surface area contributed by atoms with Crippen LogP contribution in [-0.2, 0) is 4.79 Å². The summed E-state index contributed by atoms with van der Waals surface area (Å²) in [6, 6.07) is 6.02. The number of rotatable bonds is 3. The summed E-state index contributed by atoms with van der Waals surface area (Å²) in [5, 5.41) is 11.2. The molecule has 3 aliphatic rings. The fraction of sp³-hybridized carbons (Fsp3) is 0.680. The highest BCUT2D eigenvalue weighted by atomic mass is 35.5. The molecule has 3 fully saturated rings. The predicted molar refractivity (Wildman–Crippen MR) is 136 cm³/mol. The summed E-state index contributed by atoms with van der Waals surface area (Å²) in [5.41, 5.74) is -0.698. The van der Waals surface area contributed by atoms with Crippen molar-refractivity contribution in [1.29, 1.82) is 0 Å². The predicted octanol–water partition coefficient (Wildman–Crippen LogP) is 4.67. The van der Waals surface area contributed by atoms with E-state index in [0.717, 1.165) is 18.5 Å². The Labute approximate surface area is 212 Å². The van der Waals surface area contributed by atoms with E-state index in [4.69, 9.17) is 23.2 Å². The number of carbonyl (C=O) groups excluding carboxylic acids is 1. The van der Waals surface area contributed by atoms with Crippen molar-refractivity contribution < 1.29 is 14.7 Å². The van der Waals surface area contributed by atoms with Gasteiger partial charge >= 0.3 is 6.09 Å². The normalized spacial score (nSPS) is 25.1. The lowest BCUT2D eigenvalue weighted by Gasteiger charge is -2.57. The first-order valence-electron chi connectivity index (χ1n) is 12.3. The molecule has 2 heterocycles. The van der Waals surface area contributed by atoms with Crippen molar-refractivity contribution >= 4 is 40.9 Å². The molecule has 2 aliphatic heterocycles. The highest BCUT2D eigenvalue weighted by Crippen LogP contribution is 2.42. The molecule has 1 saturated carbocycles. The number of hydrogen-bond donors (Lipinski definition) is 1. The standard InChI is InChI=1S/C25H36Cl2N4O3/c1-24(2,3)25(17-30(18-6-4-5-7-18)14-15-31(25)23(33)34)22(32)29-12-10-28(11-13-29)19-8-9-20(26)21(27)16-19/h8-9,16,18H,4-7,10-15,17H2,1-3H3,(H,33,34)/t25-/m1/s1. The number of carbonyl (C=O) groups is 2. The number of hydrogen-bond acceptors (Lipinski definition) is 4. The van der Waals surface area contributed by atoms with Crippen molar-refractivity contribution in [3.63, 3.8) is 0 Å². The number of halogens is 2. The average molecular weight is 511 g/mol. The minimum absolute atomic E-state index is 0.0705. The lowest BCUT2D eigenvalue weighted by atomic mass is 9.69. The van der Waals surface area contributed by atoms with Crippen molar-refractivity contribution in [3.8, 4) is 0 Å². The molecule has 1 atom stereocenters. The lowest BCUT2D eigenvalue weighted by molar-refractivity contribution is -0.159. The molecule has 0 unspecified atom stereocenters. The molecule has 0 bridgehead atoms. The number of anilines is 1. The Balaban J connectivity index is 1.57. The summed E-state index contributed by atoms with van der Waals surface area (Å²) >= 11 is 12.3. The van der Waals surface area contributed by atoms with Crippen LogP contribution in [0.2, 0.25) is 10.0 Å². The van der Waals surface area contributed by atoms with Crippen LogP contribution in [0.25, 0.3) is 0 Å². The van der Waals surface area contributed by atoms with Gasteiger partial charge in [0.15, 0.2) is 0 Å². The van der Waals surface area contributed by atoms with Gasteiger partial charge in [-0.15, -0.1) is 0 Å². The van der Waals surface area contributed by atoms with E-state index in [1.54, 1.807) is 6.07 Å². The SMILES string of the molecule is CC(C)(C)[C@]1(C(=O)N2CCN(c3ccc(Cl)c(Cl)c3)CC2)CN(C2CCCC2)CCN1C(=O)O. The summed E-state index contributed by atoms with van der Waals surface area (Å²) in [6.07, 6.45) is 3.66. The Kier molecular flexibility index (Phi) is 7.28. The minimum Gasteiger partial charge on any atom is -0.465 e. The molecule has 188 valence electrons. The Bertz CT molecular complexity index is 923. The second-order valence-corrected chi connectivity index (χ2v) is 11.6. The summed E-state index contributed by atoms with van der Waals surface area (Å²) in [4.78, 5) is 34.6. The molecule has 1 aromatic rings. The van der Waals surface area contributed by atoms with Crippen LogP contribution < -0.4 is 4.90 Å². The van der Waals surface area contributed by atoms with Gasteiger partial charge < -0.3 is 14.9 Å². The molecule has 1 aromatic carbocycles. The Morgan fingerprint density at radius 2 is 1.62 bits per heavy atom. The third-order valence-electron chi connectivity index (χ3n) is 8.01. The largest absolute Gasteiger partial charge is 0.465 e. The zero-order valence-electron chi connectivity index (χ0n) is 20.4. The molecule has 2 saturated heterocycles. The maximum Gasteiger partial charge on any atom is 0.408 e. The molecular formula is C25H36Cl2N4O3. The first kappa shape index (κ1) is 25.4. The fourth-order valence-electron chi connectivity index (χ4n) is 5.97. The molecule has 1 aliphatic carbocycles. The van der Waals surface area contributed by atoms with Crippen molar-refractivity contribution in [3.05, 3.63) is 28.2 Å². The number of nitrogens with zero attached hydrogens (tertiary/aromatic N) is 4. The summed E-state index contributed by atoms with van der Waals surface area (Å²) in [6.45, 7) is 9.90. The van der Waals surface area contributed by atoms with E-state index in [1.807, 2.05) is 37.8 Å². The quantitative estimate of drug-likeness (QED) is 0.639. The van der Waals surface area contributed by atoms with Gasteiger partial charge in [0, 0.05) is 57.5 Å². The van der Waals surface area contributed by atoms with Crippen LogP contribution in [0.4, 0.5) is 10.5 Å².